The van der Waals surface area contributed by atoms with Crippen LogP contribution in [0.15, 0.2) is 11.1 Å². The molecule has 0 radical (unpaired) electrons. The van der Waals surface area contributed by atoms with Crippen molar-refractivity contribution in [2.75, 3.05) is 13.1 Å². The molecule has 0 aromatic carbocycles. The SMILES string of the molecule is CCC(CC)(NC(=O)C(C)=C1CNC1)C(=O)O. The Bertz CT molecular complexity index is 351. The Morgan fingerprint density at radius 2 is 1.88 bits per heavy atom. The van der Waals surface area contributed by atoms with Crippen LogP contribution in [0.25, 0.3) is 0 Å². The molecule has 1 aliphatic heterocycles. The van der Waals surface area contributed by atoms with E-state index in [-0.39, 0.29) is 5.91 Å². The highest BCUT2D eigenvalue weighted by molar-refractivity contribution is 5.97. The van der Waals surface area contributed by atoms with Crippen LogP contribution >= 0.6 is 0 Å². The predicted octanol–water partition coefficient (Wildman–Crippen LogP) is 0.666. The number of carbonyl (C=O) groups is 2. The number of aliphatic carboxylic acids is 1. The average Bonchev–Trinajstić information content (AvgIpc) is 2.22. The molecule has 0 aromatic rings. The lowest BCUT2D eigenvalue weighted by atomic mass is 9.92. The van der Waals surface area contributed by atoms with Gasteiger partial charge in [0.15, 0.2) is 0 Å². The van der Waals surface area contributed by atoms with E-state index in [9.17, 15) is 14.7 Å². The topological polar surface area (TPSA) is 78.4 Å². The van der Waals surface area contributed by atoms with Crippen molar-refractivity contribution in [2.45, 2.75) is 39.2 Å². The van der Waals surface area contributed by atoms with Crippen LogP contribution in [0.3, 0.4) is 0 Å². The summed E-state index contributed by atoms with van der Waals surface area (Å²) in [4.78, 5) is 23.2. The fourth-order valence-electron chi connectivity index (χ4n) is 1.77. The molecule has 0 unspecified atom stereocenters. The van der Waals surface area contributed by atoms with E-state index >= 15 is 0 Å². The Morgan fingerprint density at radius 3 is 2.18 bits per heavy atom. The quantitative estimate of drug-likeness (QED) is 0.617. The van der Waals surface area contributed by atoms with Crippen LogP contribution in [0.1, 0.15) is 33.6 Å². The van der Waals surface area contributed by atoms with Crippen LogP contribution in [-0.2, 0) is 9.59 Å². The van der Waals surface area contributed by atoms with Crippen LogP contribution in [0, 0.1) is 0 Å². The predicted molar refractivity (Wildman–Crippen MR) is 64.7 cm³/mol. The van der Waals surface area contributed by atoms with E-state index in [2.05, 4.69) is 10.6 Å². The molecular formula is C12H20N2O3. The molecule has 0 aliphatic carbocycles. The van der Waals surface area contributed by atoms with Crippen LogP contribution in [0.5, 0.6) is 0 Å². The van der Waals surface area contributed by atoms with Gasteiger partial charge in [0, 0.05) is 18.7 Å². The average molecular weight is 240 g/mol. The van der Waals surface area contributed by atoms with E-state index in [1.165, 1.54) is 0 Å². The molecule has 0 saturated carbocycles. The highest BCUT2D eigenvalue weighted by Gasteiger charge is 2.36. The van der Waals surface area contributed by atoms with Crippen molar-refractivity contribution >= 4 is 11.9 Å². The van der Waals surface area contributed by atoms with Crippen molar-refractivity contribution in [1.82, 2.24) is 10.6 Å². The lowest BCUT2D eigenvalue weighted by Crippen LogP contribution is -2.54. The minimum atomic E-state index is -1.14. The largest absolute Gasteiger partial charge is 0.480 e. The number of rotatable bonds is 5. The van der Waals surface area contributed by atoms with E-state index in [0.29, 0.717) is 18.4 Å². The summed E-state index contributed by atoms with van der Waals surface area (Å²) in [5.74, 6) is -1.24. The van der Waals surface area contributed by atoms with Crippen LogP contribution in [0.2, 0.25) is 0 Å². The molecule has 1 saturated heterocycles. The standard InChI is InChI=1S/C12H20N2O3/c1-4-12(5-2,11(16)17)14-10(15)8(3)9-6-13-7-9/h13H,4-7H2,1-3H3,(H,14,15)(H,16,17). The smallest absolute Gasteiger partial charge is 0.329 e. The first-order chi connectivity index (χ1) is 7.96. The molecule has 0 atom stereocenters. The van der Waals surface area contributed by atoms with E-state index in [1.54, 1.807) is 20.8 Å². The van der Waals surface area contributed by atoms with Gasteiger partial charge in [-0.2, -0.15) is 0 Å². The van der Waals surface area contributed by atoms with Crippen molar-refractivity contribution in [3.8, 4) is 0 Å². The zero-order chi connectivity index (χ0) is 13.1. The van der Waals surface area contributed by atoms with Gasteiger partial charge in [-0.3, -0.25) is 4.79 Å². The summed E-state index contributed by atoms with van der Waals surface area (Å²) in [6, 6.07) is 0. The molecule has 0 aromatic heterocycles. The molecule has 1 rings (SSSR count). The fraction of sp³-hybridized carbons (Fsp3) is 0.667. The maximum Gasteiger partial charge on any atom is 0.329 e. The maximum atomic E-state index is 12.0. The van der Waals surface area contributed by atoms with Gasteiger partial charge in [0.25, 0.3) is 0 Å². The van der Waals surface area contributed by atoms with Gasteiger partial charge in [0.1, 0.15) is 5.54 Å². The maximum absolute atomic E-state index is 12.0. The number of amides is 1. The number of carboxylic acids is 1. The second-order valence-corrected chi connectivity index (χ2v) is 4.38. The Labute approximate surface area is 101 Å². The molecule has 1 heterocycles. The Hall–Kier alpha value is -1.36. The van der Waals surface area contributed by atoms with Crippen molar-refractivity contribution < 1.29 is 14.7 Å². The first-order valence-electron chi connectivity index (χ1n) is 5.92. The highest BCUT2D eigenvalue weighted by atomic mass is 16.4. The first-order valence-corrected chi connectivity index (χ1v) is 5.92. The summed E-state index contributed by atoms with van der Waals surface area (Å²) in [5, 5.41) is 14.9. The number of nitrogens with one attached hydrogen (secondary N) is 2. The molecule has 1 fully saturated rings. The Kier molecular flexibility index (Phi) is 4.28. The zero-order valence-electron chi connectivity index (χ0n) is 10.6. The van der Waals surface area contributed by atoms with E-state index in [4.69, 9.17) is 0 Å². The molecule has 0 bridgehead atoms. The van der Waals surface area contributed by atoms with Crippen molar-refractivity contribution in [1.29, 1.82) is 0 Å². The van der Waals surface area contributed by atoms with Crippen molar-refractivity contribution in [2.24, 2.45) is 0 Å². The molecule has 1 amide bonds. The van der Waals surface area contributed by atoms with Gasteiger partial charge >= 0.3 is 5.97 Å². The number of hydrogen-bond acceptors (Lipinski definition) is 3. The van der Waals surface area contributed by atoms with Crippen LogP contribution < -0.4 is 10.6 Å². The van der Waals surface area contributed by atoms with E-state index < -0.39 is 11.5 Å². The number of hydrogen-bond donors (Lipinski definition) is 3. The molecule has 17 heavy (non-hydrogen) atoms. The van der Waals surface area contributed by atoms with Crippen LogP contribution in [0.4, 0.5) is 0 Å². The molecule has 0 spiro atoms. The fourth-order valence-corrected chi connectivity index (χ4v) is 1.77. The number of carboxylic acid groups (broad SMARTS) is 1. The normalized spacial score (nSPS) is 15.1. The summed E-state index contributed by atoms with van der Waals surface area (Å²) < 4.78 is 0. The van der Waals surface area contributed by atoms with Crippen LogP contribution in [-0.4, -0.2) is 35.6 Å². The van der Waals surface area contributed by atoms with Gasteiger partial charge in [-0.25, -0.2) is 4.79 Å². The summed E-state index contributed by atoms with van der Waals surface area (Å²) >= 11 is 0. The summed E-state index contributed by atoms with van der Waals surface area (Å²) in [6.45, 7) is 6.72. The minimum Gasteiger partial charge on any atom is -0.480 e. The van der Waals surface area contributed by atoms with Crippen molar-refractivity contribution in [3.05, 3.63) is 11.1 Å². The zero-order valence-corrected chi connectivity index (χ0v) is 10.6. The third kappa shape index (κ3) is 2.66. The van der Waals surface area contributed by atoms with Gasteiger partial charge in [-0.1, -0.05) is 13.8 Å². The molecule has 96 valence electrons. The third-order valence-corrected chi connectivity index (χ3v) is 3.52. The molecule has 3 N–H and O–H groups in total. The highest BCUT2D eigenvalue weighted by Crippen LogP contribution is 2.17. The first kappa shape index (κ1) is 13.7. The summed E-state index contributed by atoms with van der Waals surface area (Å²) in [6.07, 6.45) is 0.761. The van der Waals surface area contributed by atoms with Crippen molar-refractivity contribution in [3.63, 3.8) is 0 Å². The van der Waals surface area contributed by atoms with Gasteiger partial charge in [0.05, 0.1) is 0 Å². The number of carbonyl (C=O) groups excluding carboxylic acids is 1. The summed E-state index contributed by atoms with van der Waals surface area (Å²) in [5.41, 5.74) is 0.543. The molecule has 5 nitrogen and oxygen atoms in total. The Morgan fingerprint density at radius 1 is 1.35 bits per heavy atom. The lowest BCUT2D eigenvalue weighted by molar-refractivity contribution is -0.147. The second-order valence-electron chi connectivity index (χ2n) is 4.38. The molecule has 5 heteroatoms. The van der Waals surface area contributed by atoms with Gasteiger partial charge < -0.3 is 15.7 Å². The summed E-state index contributed by atoms with van der Waals surface area (Å²) in [7, 11) is 0. The van der Waals surface area contributed by atoms with E-state index in [1.807, 2.05) is 0 Å². The van der Waals surface area contributed by atoms with Gasteiger partial charge in [0.2, 0.25) is 5.91 Å². The minimum absolute atomic E-state index is 0.271. The Balaban J connectivity index is 2.81. The monoisotopic (exact) mass is 240 g/mol. The van der Waals surface area contributed by atoms with Gasteiger partial charge in [-0.05, 0) is 25.3 Å². The van der Waals surface area contributed by atoms with E-state index in [0.717, 1.165) is 18.7 Å². The third-order valence-electron chi connectivity index (χ3n) is 3.52. The van der Waals surface area contributed by atoms with Gasteiger partial charge in [-0.15, -0.1) is 0 Å². The molecular weight excluding hydrogens is 220 g/mol. The second kappa shape index (κ2) is 5.31. The molecule has 1 aliphatic rings. The lowest BCUT2D eigenvalue weighted by Gasteiger charge is -2.29.